The highest BCUT2D eigenvalue weighted by molar-refractivity contribution is 8.00. The molecular formula is C22H18FN5OS. The molecule has 4 rings (SSSR count). The highest BCUT2D eigenvalue weighted by atomic mass is 32.2. The quantitative estimate of drug-likeness (QED) is 0.463. The summed E-state index contributed by atoms with van der Waals surface area (Å²) in [5.74, 6) is -0.615. The Bertz CT molecular complexity index is 1130. The first kappa shape index (κ1) is 19.8. The minimum atomic E-state index is -0.605. The Morgan fingerprint density at radius 2 is 1.70 bits per heavy atom. The molecule has 0 aliphatic rings. The van der Waals surface area contributed by atoms with Gasteiger partial charge in [0.25, 0.3) is 0 Å². The summed E-state index contributed by atoms with van der Waals surface area (Å²) >= 11 is 1.25. The molecule has 1 aromatic heterocycles. The van der Waals surface area contributed by atoms with Crippen molar-refractivity contribution in [3.05, 3.63) is 95.8 Å². The second-order valence-electron chi connectivity index (χ2n) is 6.61. The van der Waals surface area contributed by atoms with Gasteiger partial charge in [0, 0.05) is 5.69 Å². The molecule has 0 spiro atoms. The van der Waals surface area contributed by atoms with E-state index in [0.717, 1.165) is 16.8 Å². The van der Waals surface area contributed by atoms with Crippen molar-refractivity contribution in [2.45, 2.75) is 17.3 Å². The normalized spacial score (nSPS) is 11.8. The molecular weight excluding hydrogens is 401 g/mol. The first-order chi connectivity index (χ1) is 14.6. The van der Waals surface area contributed by atoms with E-state index in [1.54, 1.807) is 4.68 Å². The lowest BCUT2D eigenvalue weighted by molar-refractivity contribution is -0.115. The molecule has 0 aliphatic carbocycles. The van der Waals surface area contributed by atoms with E-state index in [4.69, 9.17) is 0 Å². The topological polar surface area (TPSA) is 72.7 Å². The maximum absolute atomic E-state index is 13.2. The summed E-state index contributed by atoms with van der Waals surface area (Å²) in [4.78, 5) is 13.1. The summed E-state index contributed by atoms with van der Waals surface area (Å²) < 4.78 is 14.8. The fraction of sp³-hybridized carbons (Fsp3) is 0.0909. The lowest BCUT2D eigenvalue weighted by Crippen LogP contribution is -2.19. The number of hydrogen-bond acceptors (Lipinski definition) is 5. The number of tetrazole rings is 1. The van der Waals surface area contributed by atoms with Crippen molar-refractivity contribution >= 4 is 23.4 Å². The van der Waals surface area contributed by atoms with Crippen molar-refractivity contribution < 1.29 is 9.18 Å². The molecule has 1 heterocycles. The zero-order valence-electron chi connectivity index (χ0n) is 16.1. The third kappa shape index (κ3) is 4.55. The molecule has 0 radical (unpaired) electrons. The van der Waals surface area contributed by atoms with Crippen LogP contribution < -0.4 is 5.32 Å². The molecule has 1 N–H and O–H groups in total. The van der Waals surface area contributed by atoms with Gasteiger partial charge in [-0.2, -0.15) is 4.68 Å². The number of nitrogens with zero attached hydrogens (tertiary/aromatic N) is 4. The van der Waals surface area contributed by atoms with Gasteiger partial charge in [0.1, 0.15) is 11.1 Å². The molecule has 1 atom stereocenters. The number of benzene rings is 3. The summed E-state index contributed by atoms with van der Waals surface area (Å²) in [6.07, 6.45) is 0. The Hall–Kier alpha value is -3.52. The number of carbonyl (C=O) groups excluding carboxylic acids is 1. The Balaban J connectivity index is 1.63. The van der Waals surface area contributed by atoms with Crippen LogP contribution in [0.4, 0.5) is 10.1 Å². The maximum atomic E-state index is 13.2. The predicted octanol–water partition coefficient (Wildman–Crippen LogP) is 4.58. The molecule has 1 amide bonds. The van der Waals surface area contributed by atoms with E-state index in [9.17, 15) is 9.18 Å². The Morgan fingerprint density at radius 1 is 1.00 bits per heavy atom. The van der Waals surface area contributed by atoms with E-state index in [2.05, 4.69) is 20.8 Å². The smallest absolute Gasteiger partial charge is 0.242 e. The first-order valence-corrected chi connectivity index (χ1v) is 10.1. The molecule has 8 heteroatoms. The van der Waals surface area contributed by atoms with Gasteiger partial charge in [0.2, 0.25) is 11.1 Å². The molecule has 0 saturated heterocycles. The van der Waals surface area contributed by atoms with Crippen molar-refractivity contribution in [2.24, 2.45) is 0 Å². The van der Waals surface area contributed by atoms with Gasteiger partial charge >= 0.3 is 0 Å². The molecule has 0 bridgehead atoms. The van der Waals surface area contributed by atoms with E-state index < -0.39 is 5.25 Å². The van der Waals surface area contributed by atoms with Gasteiger partial charge < -0.3 is 5.32 Å². The fourth-order valence-corrected chi connectivity index (χ4v) is 3.84. The van der Waals surface area contributed by atoms with Crippen LogP contribution in [-0.2, 0) is 4.79 Å². The molecule has 1 unspecified atom stereocenters. The average Bonchev–Trinajstić information content (AvgIpc) is 3.23. The number of amides is 1. The van der Waals surface area contributed by atoms with Crippen LogP contribution in [0.15, 0.2) is 84.0 Å². The second kappa shape index (κ2) is 8.87. The second-order valence-corrected chi connectivity index (χ2v) is 7.69. The minimum Gasteiger partial charge on any atom is -0.325 e. The number of aryl methyl sites for hydroxylation is 1. The van der Waals surface area contributed by atoms with Crippen LogP contribution in [0.5, 0.6) is 0 Å². The number of hydrogen-bond donors (Lipinski definition) is 1. The molecule has 0 aliphatic heterocycles. The van der Waals surface area contributed by atoms with Crippen LogP contribution in [0.2, 0.25) is 0 Å². The standard InChI is InChI=1S/C22H18FN5OS/c1-15-7-13-19(14-8-15)28-22(25-26-27-28)30-20(16-5-3-2-4-6-16)21(29)24-18-11-9-17(23)10-12-18/h2-14,20H,1H3,(H,24,29). The van der Waals surface area contributed by atoms with Crippen LogP contribution in [-0.4, -0.2) is 26.1 Å². The summed E-state index contributed by atoms with van der Waals surface area (Å²) in [5.41, 5.74) is 3.25. The number of carbonyl (C=O) groups is 1. The fourth-order valence-electron chi connectivity index (χ4n) is 2.85. The van der Waals surface area contributed by atoms with Gasteiger partial charge in [-0.25, -0.2) is 4.39 Å². The van der Waals surface area contributed by atoms with Gasteiger partial charge in [-0.15, -0.1) is 5.10 Å². The highest BCUT2D eigenvalue weighted by Crippen LogP contribution is 2.35. The van der Waals surface area contributed by atoms with E-state index in [1.807, 2.05) is 61.5 Å². The van der Waals surface area contributed by atoms with Gasteiger partial charge in [-0.3, -0.25) is 4.79 Å². The lowest BCUT2D eigenvalue weighted by atomic mass is 10.1. The number of nitrogens with one attached hydrogen (secondary N) is 1. The molecule has 6 nitrogen and oxygen atoms in total. The van der Waals surface area contributed by atoms with Gasteiger partial charge in [-0.1, -0.05) is 59.8 Å². The Kier molecular flexibility index (Phi) is 5.85. The number of halogens is 1. The van der Waals surface area contributed by atoms with Crippen LogP contribution in [0.1, 0.15) is 16.4 Å². The Labute approximate surface area is 177 Å². The van der Waals surface area contributed by atoms with Crippen LogP contribution in [0, 0.1) is 12.7 Å². The molecule has 150 valence electrons. The van der Waals surface area contributed by atoms with Gasteiger partial charge in [0.15, 0.2) is 0 Å². The predicted molar refractivity (Wildman–Crippen MR) is 114 cm³/mol. The third-order valence-corrected chi connectivity index (χ3v) is 5.58. The van der Waals surface area contributed by atoms with Crippen molar-refractivity contribution in [2.75, 3.05) is 5.32 Å². The monoisotopic (exact) mass is 419 g/mol. The van der Waals surface area contributed by atoms with Crippen LogP contribution >= 0.6 is 11.8 Å². The van der Waals surface area contributed by atoms with Crippen molar-refractivity contribution in [1.29, 1.82) is 0 Å². The number of aromatic nitrogens is 4. The van der Waals surface area contributed by atoms with Gasteiger partial charge in [-0.05, 0) is 59.3 Å². The molecule has 0 fully saturated rings. The van der Waals surface area contributed by atoms with E-state index in [0.29, 0.717) is 10.8 Å². The SMILES string of the molecule is Cc1ccc(-n2nnnc2SC(C(=O)Nc2ccc(F)cc2)c2ccccc2)cc1. The summed E-state index contributed by atoms with van der Waals surface area (Å²) in [7, 11) is 0. The summed E-state index contributed by atoms with van der Waals surface area (Å²) in [6, 6.07) is 22.8. The van der Waals surface area contributed by atoms with E-state index >= 15 is 0 Å². The van der Waals surface area contributed by atoms with Crippen LogP contribution in [0.25, 0.3) is 5.69 Å². The van der Waals surface area contributed by atoms with Crippen molar-refractivity contribution in [3.8, 4) is 5.69 Å². The summed E-state index contributed by atoms with van der Waals surface area (Å²) in [5, 5.41) is 14.7. The zero-order valence-corrected chi connectivity index (χ0v) is 16.9. The van der Waals surface area contributed by atoms with Gasteiger partial charge in [0.05, 0.1) is 5.69 Å². The zero-order chi connectivity index (χ0) is 20.9. The Morgan fingerprint density at radius 3 is 2.40 bits per heavy atom. The molecule has 4 aromatic rings. The maximum Gasteiger partial charge on any atom is 0.242 e. The first-order valence-electron chi connectivity index (χ1n) is 9.23. The molecule has 0 saturated carbocycles. The highest BCUT2D eigenvalue weighted by Gasteiger charge is 2.25. The average molecular weight is 419 g/mol. The largest absolute Gasteiger partial charge is 0.325 e. The summed E-state index contributed by atoms with van der Waals surface area (Å²) in [6.45, 7) is 2.00. The lowest BCUT2D eigenvalue weighted by Gasteiger charge is -2.16. The molecule has 30 heavy (non-hydrogen) atoms. The van der Waals surface area contributed by atoms with Crippen LogP contribution in [0.3, 0.4) is 0 Å². The minimum absolute atomic E-state index is 0.253. The number of anilines is 1. The van der Waals surface area contributed by atoms with Crippen molar-refractivity contribution in [1.82, 2.24) is 20.2 Å². The number of rotatable bonds is 6. The van der Waals surface area contributed by atoms with E-state index in [-0.39, 0.29) is 11.7 Å². The molecule has 3 aromatic carbocycles. The number of thioether (sulfide) groups is 1. The van der Waals surface area contributed by atoms with Crippen molar-refractivity contribution in [3.63, 3.8) is 0 Å². The van der Waals surface area contributed by atoms with E-state index in [1.165, 1.54) is 36.0 Å². The third-order valence-electron chi connectivity index (χ3n) is 4.39.